The van der Waals surface area contributed by atoms with Gasteiger partial charge in [-0.2, -0.15) is 0 Å². The second-order valence-corrected chi connectivity index (χ2v) is 14.1. The molecule has 13 nitrogen and oxygen atoms in total. The number of esters is 1. The normalized spacial score (nSPS) is 17.7. The summed E-state index contributed by atoms with van der Waals surface area (Å²) in [5.41, 5.74) is 2.10. The highest BCUT2D eigenvalue weighted by Gasteiger charge is 2.46. The molecular weight excluding hydrogens is 778 g/mol. The Hall–Kier alpha value is -4.81. The van der Waals surface area contributed by atoms with Crippen LogP contribution in [0.1, 0.15) is 45.7 Å². The minimum Gasteiger partial charge on any atom is -0.460 e. The first-order valence-corrected chi connectivity index (χ1v) is 18.4. The van der Waals surface area contributed by atoms with Crippen LogP contribution in [0.15, 0.2) is 71.9 Å². The molecule has 5 heterocycles. The summed E-state index contributed by atoms with van der Waals surface area (Å²) in [7, 11) is 3.07. The van der Waals surface area contributed by atoms with E-state index in [1.807, 2.05) is 29.3 Å². The third kappa shape index (κ3) is 7.71. The Kier molecular flexibility index (Phi) is 12.3. The number of anilines is 1. The van der Waals surface area contributed by atoms with Gasteiger partial charge in [-0.3, -0.25) is 24.2 Å². The molecule has 55 heavy (non-hydrogen) atoms. The van der Waals surface area contributed by atoms with E-state index in [-0.39, 0.29) is 78.4 Å². The number of nitrogens with one attached hydrogen (secondary N) is 1. The topological polar surface area (TPSA) is 128 Å². The summed E-state index contributed by atoms with van der Waals surface area (Å²) in [6.45, 7) is 2.02. The van der Waals surface area contributed by atoms with E-state index < -0.39 is 48.1 Å². The molecule has 1 N–H and O–H groups in total. The number of ether oxygens (including phenoxy) is 4. The van der Waals surface area contributed by atoms with Crippen molar-refractivity contribution in [1.82, 2.24) is 19.9 Å². The molecular formula is C37H37ClF2N6O7S2. The van der Waals surface area contributed by atoms with Crippen LogP contribution < -0.4 is 20.0 Å². The average Bonchev–Trinajstić information content (AvgIpc) is 3.34. The minimum absolute atomic E-state index is 0. The zero-order valence-corrected chi connectivity index (χ0v) is 32.3. The van der Waals surface area contributed by atoms with Crippen molar-refractivity contribution in [3.63, 3.8) is 0 Å². The lowest BCUT2D eigenvalue weighted by Gasteiger charge is -2.51. The standard InChI is InChI=1S/C37H36F2N6O7S2.ClH/c1-21(52-37(48)42(3)35-22(7-6-13-41-35)18-50-30(46)17-40-2)51-34-27(53)12-14-44-33(34)36(47)43-15-16-49-19-29(43)45(44)32-23-10-11-26(38)31(39)25(23)20-54-28-9-5-4-8-24(28)32;/h4-14,21,29,32,40H,15-20H2,1-3H3;1H/t21?,29-,32+;/m1./s1. The van der Waals surface area contributed by atoms with Gasteiger partial charge >= 0.3 is 12.1 Å². The van der Waals surface area contributed by atoms with Gasteiger partial charge < -0.3 is 29.2 Å². The fraction of sp³-hybridized carbons (Fsp3) is 0.324. The molecule has 3 atom stereocenters. The fourth-order valence-electron chi connectivity index (χ4n) is 6.78. The summed E-state index contributed by atoms with van der Waals surface area (Å²) in [6.07, 6.45) is 0.381. The molecule has 1 saturated heterocycles. The predicted molar refractivity (Wildman–Crippen MR) is 204 cm³/mol. The van der Waals surface area contributed by atoms with E-state index in [0.717, 1.165) is 21.4 Å². The molecule has 2 amide bonds. The number of aromatic nitrogens is 2. The van der Waals surface area contributed by atoms with Gasteiger partial charge in [-0.1, -0.05) is 42.5 Å². The van der Waals surface area contributed by atoms with E-state index in [1.54, 1.807) is 47.1 Å². The van der Waals surface area contributed by atoms with Crippen molar-refractivity contribution in [3.05, 3.63) is 111 Å². The van der Waals surface area contributed by atoms with E-state index in [2.05, 4.69) is 10.3 Å². The summed E-state index contributed by atoms with van der Waals surface area (Å²) >= 11 is 7.11. The maximum absolute atomic E-state index is 15.6. The van der Waals surface area contributed by atoms with Crippen molar-refractivity contribution in [2.75, 3.05) is 50.3 Å². The monoisotopic (exact) mass is 814 g/mol. The number of halogens is 3. The van der Waals surface area contributed by atoms with Crippen LogP contribution in [0.25, 0.3) is 0 Å². The third-order valence-electron chi connectivity index (χ3n) is 9.25. The molecule has 18 heteroatoms. The Labute approximate surface area is 330 Å². The molecule has 0 aliphatic carbocycles. The number of hydrogen-bond donors (Lipinski definition) is 1. The van der Waals surface area contributed by atoms with Crippen molar-refractivity contribution in [3.8, 4) is 5.75 Å². The zero-order valence-electron chi connectivity index (χ0n) is 29.9. The van der Waals surface area contributed by atoms with Gasteiger partial charge in [0.2, 0.25) is 6.29 Å². The number of amides is 2. The number of carbonyl (C=O) groups excluding carboxylic acids is 3. The summed E-state index contributed by atoms with van der Waals surface area (Å²) in [5, 5.41) is 4.63. The van der Waals surface area contributed by atoms with Crippen LogP contribution in [0.2, 0.25) is 0 Å². The Morgan fingerprint density at radius 2 is 1.95 bits per heavy atom. The maximum Gasteiger partial charge on any atom is 0.418 e. The summed E-state index contributed by atoms with van der Waals surface area (Å²) in [6, 6.07) is 14.5. The molecule has 3 aliphatic heterocycles. The molecule has 3 aliphatic rings. The lowest BCUT2D eigenvalue weighted by molar-refractivity contribution is -0.143. The van der Waals surface area contributed by atoms with Crippen molar-refractivity contribution in [2.45, 2.75) is 42.7 Å². The number of rotatable bonds is 9. The van der Waals surface area contributed by atoms with Gasteiger partial charge in [-0.05, 0) is 42.4 Å². The molecule has 2 aromatic carbocycles. The van der Waals surface area contributed by atoms with E-state index in [0.29, 0.717) is 11.1 Å². The Morgan fingerprint density at radius 3 is 2.75 bits per heavy atom. The largest absolute Gasteiger partial charge is 0.460 e. The highest BCUT2D eigenvalue weighted by atomic mass is 35.5. The van der Waals surface area contributed by atoms with Gasteiger partial charge in [-0.15, -0.1) is 24.2 Å². The van der Waals surface area contributed by atoms with Gasteiger partial charge in [-0.25, -0.2) is 18.6 Å². The molecule has 0 bridgehead atoms. The first kappa shape index (κ1) is 39.9. The summed E-state index contributed by atoms with van der Waals surface area (Å²) < 4.78 is 55.1. The average molecular weight is 815 g/mol. The Morgan fingerprint density at radius 1 is 1.15 bits per heavy atom. The van der Waals surface area contributed by atoms with E-state index in [4.69, 9.17) is 31.2 Å². The summed E-state index contributed by atoms with van der Waals surface area (Å²) in [4.78, 5) is 47.7. The zero-order chi connectivity index (χ0) is 38.1. The van der Waals surface area contributed by atoms with Crippen LogP contribution in [-0.2, 0) is 31.4 Å². The van der Waals surface area contributed by atoms with Crippen LogP contribution >= 0.6 is 36.4 Å². The van der Waals surface area contributed by atoms with Crippen molar-refractivity contribution < 1.29 is 42.1 Å². The lowest BCUT2D eigenvalue weighted by atomic mass is 9.93. The number of carbonyl (C=O) groups is 3. The third-order valence-corrected chi connectivity index (χ3v) is 10.7. The molecule has 7 rings (SSSR count). The number of morpholine rings is 1. The second kappa shape index (κ2) is 16.9. The van der Waals surface area contributed by atoms with Gasteiger partial charge in [0.25, 0.3) is 5.91 Å². The molecule has 1 unspecified atom stereocenters. The van der Waals surface area contributed by atoms with Gasteiger partial charge in [0, 0.05) is 54.7 Å². The van der Waals surface area contributed by atoms with Crippen LogP contribution in [0.4, 0.5) is 19.4 Å². The Bertz CT molecular complexity index is 2180. The van der Waals surface area contributed by atoms with Crippen LogP contribution in [0, 0.1) is 16.1 Å². The van der Waals surface area contributed by atoms with E-state index in [1.165, 1.54) is 31.9 Å². The second-order valence-electron chi connectivity index (χ2n) is 12.6. The molecule has 0 radical (unpaired) electrons. The van der Waals surface area contributed by atoms with Crippen LogP contribution in [0.3, 0.4) is 0 Å². The van der Waals surface area contributed by atoms with Gasteiger partial charge in [0.15, 0.2) is 23.1 Å². The van der Waals surface area contributed by atoms with Crippen molar-refractivity contribution in [2.24, 2.45) is 0 Å². The van der Waals surface area contributed by atoms with Crippen LogP contribution in [0.5, 0.6) is 5.75 Å². The van der Waals surface area contributed by atoms with Gasteiger partial charge in [0.05, 0.1) is 30.3 Å². The van der Waals surface area contributed by atoms with Crippen molar-refractivity contribution >= 4 is 60.2 Å². The molecule has 290 valence electrons. The number of nitrogens with zero attached hydrogens (tertiary/aromatic N) is 5. The van der Waals surface area contributed by atoms with Crippen molar-refractivity contribution in [1.29, 1.82) is 0 Å². The molecule has 0 saturated carbocycles. The number of hydrogen-bond acceptors (Lipinski definition) is 12. The highest BCUT2D eigenvalue weighted by Crippen LogP contribution is 2.45. The number of fused-ring (bicyclic) bond motifs is 4. The maximum atomic E-state index is 15.6. The number of thioether (sulfide) groups is 1. The number of benzene rings is 2. The molecule has 2 aromatic heterocycles. The number of pyridine rings is 2. The van der Waals surface area contributed by atoms with E-state index >= 15 is 4.39 Å². The van der Waals surface area contributed by atoms with Gasteiger partial charge in [0.1, 0.15) is 18.6 Å². The fourth-order valence-corrected chi connectivity index (χ4v) is 8.10. The molecule has 1 fully saturated rings. The molecule has 0 spiro atoms. The minimum atomic E-state index is -1.26. The first-order valence-electron chi connectivity index (χ1n) is 17.1. The highest BCUT2D eigenvalue weighted by molar-refractivity contribution is 7.98. The SMILES string of the molecule is CNCC(=O)OCc1cccnc1N(C)C(=O)OC(C)Oc1c2n(ccc1=S)N([C@@H]1c3ccccc3SCc3c1ccc(F)c3F)[C@@H]1COCCN1C2=O.Cl. The number of likely N-dealkylation sites (N-methyl/N-ethyl adjacent to an activating group) is 1. The lowest BCUT2D eigenvalue weighted by Crippen LogP contribution is -2.66. The Balaban J connectivity index is 0.00000514. The van der Waals surface area contributed by atoms with Crippen LogP contribution in [-0.4, -0.2) is 85.4 Å². The van der Waals surface area contributed by atoms with E-state index in [9.17, 15) is 18.8 Å². The quantitative estimate of drug-likeness (QED) is 0.126. The predicted octanol–water partition coefficient (Wildman–Crippen LogP) is 5.72. The molecule has 4 aromatic rings. The summed E-state index contributed by atoms with van der Waals surface area (Å²) in [5.74, 6) is -2.36. The smallest absolute Gasteiger partial charge is 0.418 e. The first-order chi connectivity index (χ1) is 26.1.